The van der Waals surface area contributed by atoms with Gasteiger partial charge in [0.2, 0.25) is 0 Å². The number of methoxy groups -OCH3 is 1. The molecule has 4 rings (SSSR count). The molecule has 30 heavy (non-hydrogen) atoms. The second-order valence-electron chi connectivity index (χ2n) is 6.84. The number of hydrogen-bond acceptors (Lipinski definition) is 4. The average molecular weight is 402 g/mol. The number of anilines is 2. The number of hydrogen-bond donors (Lipinski definition) is 2. The van der Waals surface area contributed by atoms with Crippen molar-refractivity contribution >= 4 is 34.5 Å². The minimum Gasteiger partial charge on any atom is -0.469 e. The van der Waals surface area contributed by atoms with Crippen LogP contribution in [-0.2, 0) is 20.7 Å². The topological polar surface area (TPSA) is 67.4 Å². The molecule has 0 saturated carbocycles. The molecule has 2 N–H and O–H groups in total. The minimum absolute atomic E-state index is 0.117. The average Bonchev–Trinajstić information content (AvgIpc) is 3.07. The highest BCUT2D eigenvalue weighted by molar-refractivity contribution is 6.37. The van der Waals surface area contributed by atoms with E-state index in [0.717, 1.165) is 16.8 Å². The van der Waals surface area contributed by atoms with E-state index in [2.05, 4.69) is 10.6 Å². The number of para-hydroxylation sites is 1. The van der Waals surface area contributed by atoms with Crippen molar-refractivity contribution in [3.05, 3.63) is 95.3 Å². The van der Waals surface area contributed by atoms with Crippen LogP contribution in [0, 0.1) is 5.82 Å². The molecule has 1 aliphatic heterocycles. The predicted octanol–water partition coefficient (Wildman–Crippen LogP) is 4.47. The quantitative estimate of drug-likeness (QED) is 0.488. The van der Waals surface area contributed by atoms with Gasteiger partial charge in [-0.3, -0.25) is 9.59 Å². The highest BCUT2D eigenvalue weighted by Crippen LogP contribution is 2.38. The number of esters is 1. The number of amides is 1. The molecular weight excluding hydrogens is 383 g/mol. The van der Waals surface area contributed by atoms with Gasteiger partial charge < -0.3 is 15.4 Å². The molecule has 0 aliphatic carbocycles. The maximum Gasteiger partial charge on any atom is 0.309 e. The van der Waals surface area contributed by atoms with Crippen LogP contribution in [-0.4, -0.2) is 19.0 Å². The van der Waals surface area contributed by atoms with Crippen LogP contribution in [0.25, 0.3) is 11.3 Å². The number of carbonyl (C=O) groups excluding carboxylic acids is 2. The van der Waals surface area contributed by atoms with E-state index in [1.165, 1.54) is 19.2 Å². The number of ether oxygens (including phenoxy) is 1. The van der Waals surface area contributed by atoms with E-state index in [9.17, 15) is 14.0 Å². The van der Waals surface area contributed by atoms with Gasteiger partial charge in [-0.25, -0.2) is 4.39 Å². The highest BCUT2D eigenvalue weighted by atomic mass is 19.1. The lowest BCUT2D eigenvalue weighted by molar-refractivity contribution is -0.139. The summed E-state index contributed by atoms with van der Waals surface area (Å²) in [6, 6.07) is 21.0. The Morgan fingerprint density at radius 3 is 2.60 bits per heavy atom. The Hall–Kier alpha value is -3.93. The van der Waals surface area contributed by atoms with Crippen molar-refractivity contribution in [3.8, 4) is 0 Å². The van der Waals surface area contributed by atoms with Crippen LogP contribution in [0.3, 0.4) is 0 Å². The second kappa shape index (κ2) is 8.21. The lowest BCUT2D eigenvalue weighted by atomic mass is 9.98. The summed E-state index contributed by atoms with van der Waals surface area (Å²) in [6.45, 7) is 0. The van der Waals surface area contributed by atoms with Crippen LogP contribution in [0.1, 0.15) is 16.7 Å². The van der Waals surface area contributed by atoms with Crippen molar-refractivity contribution in [2.24, 2.45) is 0 Å². The third-order valence-electron chi connectivity index (χ3n) is 4.81. The van der Waals surface area contributed by atoms with Gasteiger partial charge in [0.1, 0.15) is 5.82 Å². The summed E-state index contributed by atoms with van der Waals surface area (Å²) in [5, 5.41) is 6.06. The first-order valence-corrected chi connectivity index (χ1v) is 9.39. The Morgan fingerprint density at radius 2 is 1.83 bits per heavy atom. The monoisotopic (exact) mass is 402 g/mol. The molecule has 0 fully saturated rings. The van der Waals surface area contributed by atoms with E-state index in [0.29, 0.717) is 22.5 Å². The molecule has 6 heteroatoms. The Labute approximate surface area is 173 Å². The van der Waals surface area contributed by atoms with Crippen LogP contribution < -0.4 is 10.6 Å². The molecule has 0 bridgehead atoms. The van der Waals surface area contributed by atoms with Crippen LogP contribution in [0.5, 0.6) is 0 Å². The Balaban J connectivity index is 1.87. The number of nitrogens with one attached hydrogen (secondary N) is 2. The summed E-state index contributed by atoms with van der Waals surface area (Å²) in [5.41, 5.74) is 4.28. The fourth-order valence-electron chi connectivity index (χ4n) is 3.41. The van der Waals surface area contributed by atoms with Gasteiger partial charge in [0.25, 0.3) is 5.91 Å². The third-order valence-corrected chi connectivity index (χ3v) is 4.81. The standard InChI is InChI=1S/C24H19FN2O3/c1-30-21(28)13-15-6-5-7-16(12-15)23(26-18-8-3-2-4-9-18)22-19-11-10-17(25)14-20(19)27-24(22)29/h2-12,14,26H,13H2,1H3,(H,27,29). The molecule has 0 atom stereocenters. The summed E-state index contributed by atoms with van der Waals surface area (Å²) in [6.07, 6.45) is 0.117. The van der Waals surface area contributed by atoms with E-state index in [1.54, 1.807) is 6.07 Å². The Morgan fingerprint density at radius 1 is 1.03 bits per heavy atom. The van der Waals surface area contributed by atoms with Gasteiger partial charge in [-0.2, -0.15) is 0 Å². The van der Waals surface area contributed by atoms with Gasteiger partial charge in [-0.15, -0.1) is 0 Å². The van der Waals surface area contributed by atoms with Crippen molar-refractivity contribution in [1.82, 2.24) is 0 Å². The number of fused-ring (bicyclic) bond motifs is 1. The normalized spacial score (nSPS) is 14.0. The molecule has 0 radical (unpaired) electrons. The molecule has 5 nitrogen and oxygen atoms in total. The zero-order valence-corrected chi connectivity index (χ0v) is 16.2. The first-order chi connectivity index (χ1) is 14.5. The second-order valence-corrected chi connectivity index (χ2v) is 6.84. The van der Waals surface area contributed by atoms with Gasteiger partial charge >= 0.3 is 5.97 Å². The molecule has 1 amide bonds. The largest absolute Gasteiger partial charge is 0.469 e. The highest BCUT2D eigenvalue weighted by Gasteiger charge is 2.29. The van der Waals surface area contributed by atoms with Gasteiger partial charge in [-0.1, -0.05) is 36.4 Å². The summed E-state index contributed by atoms with van der Waals surface area (Å²) in [4.78, 5) is 24.6. The van der Waals surface area contributed by atoms with Gasteiger partial charge in [-0.05, 0) is 47.5 Å². The van der Waals surface area contributed by atoms with Gasteiger partial charge in [0, 0.05) is 11.3 Å². The van der Waals surface area contributed by atoms with Crippen LogP contribution in [0.15, 0.2) is 72.8 Å². The molecule has 1 aliphatic rings. The number of carbonyl (C=O) groups is 2. The molecule has 3 aromatic rings. The zero-order chi connectivity index (χ0) is 21.1. The molecule has 0 saturated heterocycles. The van der Waals surface area contributed by atoms with Gasteiger partial charge in [0.15, 0.2) is 0 Å². The van der Waals surface area contributed by atoms with E-state index >= 15 is 0 Å². The number of benzene rings is 3. The first kappa shape index (κ1) is 19.4. The van der Waals surface area contributed by atoms with Crippen LogP contribution in [0.2, 0.25) is 0 Å². The van der Waals surface area contributed by atoms with E-state index in [4.69, 9.17) is 4.74 Å². The third kappa shape index (κ3) is 3.93. The van der Waals surface area contributed by atoms with Crippen molar-refractivity contribution in [3.63, 3.8) is 0 Å². The lowest BCUT2D eigenvalue weighted by Crippen LogP contribution is -2.11. The zero-order valence-electron chi connectivity index (χ0n) is 16.2. The van der Waals surface area contributed by atoms with Crippen molar-refractivity contribution in [1.29, 1.82) is 0 Å². The van der Waals surface area contributed by atoms with E-state index < -0.39 is 5.82 Å². The molecule has 0 spiro atoms. The number of halogens is 1. The Kier molecular flexibility index (Phi) is 5.30. The minimum atomic E-state index is -0.423. The van der Waals surface area contributed by atoms with Crippen LogP contribution in [0.4, 0.5) is 15.8 Å². The fraction of sp³-hybridized carbons (Fsp3) is 0.0833. The first-order valence-electron chi connectivity index (χ1n) is 9.39. The smallest absolute Gasteiger partial charge is 0.309 e. The molecule has 3 aromatic carbocycles. The molecule has 0 aromatic heterocycles. The van der Waals surface area contributed by atoms with Crippen molar-refractivity contribution in [2.45, 2.75) is 6.42 Å². The van der Waals surface area contributed by atoms with Gasteiger partial charge in [0.05, 0.1) is 30.5 Å². The van der Waals surface area contributed by atoms with Crippen LogP contribution >= 0.6 is 0 Å². The van der Waals surface area contributed by atoms with Crippen molar-refractivity contribution in [2.75, 3.05) is 17.7 Å². The van der Waals surface area contributed by atoms with Crippen molar-refractivity contribution < 1.29 is 18.7 Å². The van der Waals surface area contributed by atoms with E-state index in [1.807, 2.05) is 54.6 Å². The molecular formula is C24H19FN2O3. The summed E-state index contributed by atoms with van der Waals surface area (Å²) >= 11 is 0. The SMILES string of the molecule is COC(=O)Cc1cccc(C(Nc2ccccc2)=C2C(=O)Nc3cc(F)ccc32)c1. The fourth-order valence-corrected chi connectivity index (χ4v) is 3.41. The molecule has 0 unspecified atom stereocenters. The maximum absolute atomic E-state index is 13.7. The van der Waals surface area contributed by atoms with E-state index in [-0.39, 0.29) is 18.3 Å². The lowest BCUT2D eigenvalue weighted by Gasteiger charge is -2.15. The Bertz CT molecular complexity index is 1160. The maximum atomic E-state index is 13.7. The summed E-state index contributed by atoms with van der Waals surface area (Å²) in [7, 11) is 1.34. The predicted molar refractivity (Wildman–Crippen MR) is 114 cm³/mol. The summed E-state index contributed by atoms with van der Waals surface area (Å²) in [5.74, 6) is -1.10. The molecule has 1 heterocycles. The summed E-state index contributed by atoms with van der Waals surface area (Å²) < 4.78 is 18.4. The molecule has 150 valence electrons. The number of rotatable bonds is 5.